The van der Waals surface area contributed by atoms with Gasteiger partial charge in [0.1, 0.15) is 0 Å². The Balaban J connectivity index is 1.38. The van der Waals surface area contributed by atoms with Gasteiger partial charge in [0.2, 0.25) is 23.6 Å². The van der Waals surface area contributed by atoms with E-state index >= 15 is 0 Å². The van der Waals surface area contributed by atoms with Crippen molar-refractivity contribution in [2.45, 2.75) is 5.41 Å². The van der Waals surface area contributed by atoms with Crippen LogP contribution in [-0.4, -0.2) is 33.5 Å². The topological polar surface area (TPSA) is 161 Å². The molecule has 2 unspecified atom stereocenters. The Morgan fingerprint density at radius 3 is 1.44 bits per heavy atom. The molecule has 3 aromatic rings. The molecule has 5 aliphatic rings. The fourth-order valence-corrected chi connectivity index (χ4v) is 7.71. The maximum atomic E-state index is 14.3. The molecule has 2 aliphatic heterocycles. The minimum Gasteiger partial charge on any atom is -0.274 e. The van der Waals surface area contributed by atoms with Crippen LogP contribution < -0.4 is 9.80 Å². The molecule has 1 saturated carbocycles. The van der Waals surface area contributed by atoms with Gasteiger partial charge in [0.05, 0.1) is 44.9 Å². The lowest BCUT2D eigenvalue weighted by Crippen LogP contribution is -2.60. The zero-order valence-electron chi connectivity index (χ0n) is 21.9. The number of nitrogens with zero attached hydrogens (tertiary/aromatic N) is 4. The van der Waals surface area contributed by atoms with Crippen molar-refractivity contribution in [1.82, 2.24) is 0 Å². The number of carbonyl (C=O) groups is 4. The highest BCUT2D eigenvalue weighted by atomic mass is 79.9. The average molecular weight is 643 g/mol. The molecule has 2 saturated heterocycles. The molecule has 2 bridgehead atoms. The van der Waals surface area contributed by atoms with E-state index in [1.807, 2.05) is 0 Å². The Kier molecular flexibility index (Phi) is 5.76. The van der Waals surface area contributed by atoms with Crippen LogP contribution in [-0.2, 0) is 24.6 Å². The van der Waals surface area contributed by atoms with Gasteiger partial charge in [0.15, 0.2) is 0 Å². The van der Waals surface area contributed by atoms with Gasteiger partial charge >= 0.3 is 0 Å². The summed E-state index contributed by atoms with van der Waals surface area (Å²) in [7, 11) is 0. The number of hydrogen-bond donors (Lipinski definition) is 0. The minimum absolute atomic E-state index is 0.163. The third-order valence-electron chi connectivity index (χ3n) is 9.14. The molecule has 2 heterocycles. The Bertz CT molecular complexity index is 1700. The smallest absolute Gasteiger partial charge is 0.269 e. The summed E-state index contributed by atoms with van der Waals surface area (Å²) >= 11 is 3.41. The number of nitro groups is 2. The van der Waals surface area contributed by atoms with E-state index in [0.717, 1.165) is 14.3 Å². The van der Waals surface area contributed by atoms with Crippen molar-refractivity contribution in [2.75, 3.05) is 9.80 Å². The number of halogens is 1. The third-order valence-corrected chi connectivity index (χ3v) is 9.67. The minimum atomic E-state index is -1.37. The van der Waals surface area contributed by atoms with Crippen LogP contribution in [0.1, 0.15) is 5.56 Å². The standard InChI is InChI=1S/C30H19BrN4O8/c31-16-3-1-15(2-4-16)30-14-13-21(22-24(30)28(38)32(26(22)36)17-5-9-19(10-6-17)34(40)41)23-25(30)29(39)33(27(23)37)18-7-11-20(12-8-18)35(42)43/h1-14,21-25H/t21?,22-,23-,24-,25+,30?/m1/s1. The number of amides is 4. The first-order valence-electron chi connectivity index (χ1n) is 13.3. The van der Waals surface area contributed by atoms with Crippen LogP contribution in [0.2, 0.25) is 0 Å². The molecule has 43 heavy (non-hydrogen) atoms. The average Bonchev–Trinajstić information content (AvgIpc) is 3.44. The maximum Gasteiger partial charge on any atom is 0.269 e. The van der Waals surface area contributed by atoms with E-state index in [1.54, 1.807) is 36.4 Å². The predicted molar refractivity (Wildman–Crippen MR) is 154 cm³/mol. The van der Waals surface area contributed by atoms with Crippen molar-refractivity contribution < 1.29 is 29.0 Å². The predicted octanol–water partition coefficient (Wildman–Crippen LogP) is 4.31. The quantitative estimate of drug-likeness (QED) is 0.172. The number of allylic oxidation sites excluding steroid dienone is 2. The molecule has 12 nitrogen and oxygen atoms in total. The van der Waals surface area contributed by atoms with E-state index in [2.05, 4.69) is 15.9 Å². The molecule has 3 fully saturated rings. The molecule has 13 heteroatoms. The van der Waals surface area contributed by atoms with E-state index < -0.39 is 68.5 Å². The summed E-state index contributed by atoms with van der Waals surface area (Å²) in [5.41, 5.74) is -0.870. The molecule has 6 atom stereocenters. The summed E-state index contributed by atoms with van der Waals surface area (Å²) in [6.07, 6.45) is 3.53. The molecular formula is C30H19BrN4O8. The Labute approximate surface area is 251 Å². The van der Waals surface area contributed by atoms with Gasteiger partial charge in [-0.25, -0.2) is 9.80 Å². The lowest BCUT2D eigenvalue weighted by molar-refractivity contribution is -0.385. The van der Waals surface area contributed by atoms with Crippen LogP contribution >= 0.6 is 15.9 Å². The van der Waals surface area contributed by atoms with Crippen LogP contribution in [0.15, 0.2) is 89.4 Å². The third kappa shape index (κ3) is 3.54. The first kappa shape index (κ1) is 26.8. The Morgan fingerprint density at radius 2 is 1.05 bits per heavy atom. The van der Waals surface area contributed by atoms with Gasteiger partial charge < -0.3 is 0 Å². The second-order valence-corrected chi connectivity index (χ2v) is 11.9. The normalized spacial score (nSPS) is 28.8. The monoisotopic (exact) mass is 642 g/mol. The highest BCUT2D eigenvalue weighted by molar-refractivity contribution is 9.10. The first-order chi connectivity index (χ1) is 20.6. The fraction of sp³-hybridized carbons (Fsp3) is 0.200. The number of non-ortho nitro benzene ring substituents is 2. The van der Waals surface area contributed by atoms with Gasteiger partial charge in [-0.15, -0.1) is 0 Å². The van der Waals surface area contributed by atoms with E-state index in [0.29, 0.717) is 5.56 Å². The van der Waals surface area contributed by atoms with Gasteiger partial charge in [-0.2, -0.15) is 0 Å². The molecule has 0 spiro atoms. The van der Waals surface area contributed by atoms with E-state index in [-0.39, 0.29) is 22.7 Å². The maximum absolute atomic E-state index is 14.3. The van der Waals surface area contributed by atoms with Gasteiger partial charge in [0.25, 0.3) is 11.4 Å². The summed E-state index contributed by atoms with van der Waals surface area (Å²) in [5.74, 6) is -6.98. The number of hydrogen-bond acceptors (Lipinski definition) is 8. The van der Waals surface area contributed by atoms with Crippen molar-refractivity contribution in [3.05, 3.63) is 115 Å². The largest absolute Gasteiger partial charge is 0.274 e. The summed E-state index contributed by atoms with van der Waals surface area (Å²) in [5, 5.41) is 22.4. The molecular weight excluding hydrogens is 624 g/mol. The molecule has 0 aromatic heterocycles. The summed E-state index contributed by atoms with van der Waals surface area (Å²) in [4.78, 5) is 79.9. The van der Waals surface area contributed by atoms with E-state index in [1.165, 1.54) is 48.5 Å². The SMILES string of the molecule is O=C1[C@@H]2C3C=CC(c4ccc(Br)cc4)([C@@H]2C(=O)N1c1ccc([N+](=O)[O-])cc1)[C@H]1C(=O)N(c2ccc([N+](=O)[O-])cc2)C(=O)[C@H]31. The number of imide groups is 2. The highest BCUT2D eigenvalue weighted by Gasteiger charge is 2.75. The molecule has 0 N–H and O–H groups in total. The van der Waals surface area contributed by atoms with Crippen molar-refractivity contribution in [1.29, 1.82) is 0 Å². The summed E-state index contributed by atoms with van der Waals surface area (Å²) in [6, 6.07) is 17.2. The second-order valence-electron chi connectivity index (χ2n) is 11.0. The van der Waals surface area contributed by atoms with Crippen LogP contribution in [0.25, 0.3) is 0 Å². The van der Waals surface area contributed by atoms with Crippen molar-refractivity contribution in [3.8, 4) is 0 Å². The van der Waals surface area contributed by atoms with Crippen molar-refractivity contribution in [2.24, 2.45) is 29.6 Å². The molecule has 8 rings (SSSR count). The van der Waals surface area contributed by atoms with Crippen LogP contribution in [0.3, 0.4) is 0 Å². The number of rotatable bonds is 5. The molecule has 214 valence electrons. The van der Waals surface area contributed by atoms with Crippen molar-refractivity contribution >= 4 is 62.3 Å². The van der Waals surface area contributed by atoms with Gasteiger partial charge in [-0.3, -0.25) is 39.4 Å². The summed E-state index contributed by atoms with van der Waals surface area (Å²) in [6.45, 7) is 0. The molecule has 3 aromatic carbocycles. The second kappa shape index (κ2) is 9.23. The fourth-order valence-electron chi connectivity index (χ4n) is 7.45. The summed E-state index contributed by atoms with van der Waals surface area (Å²) < 4.78 is 0.747. The Hall–Kier alpha value is -5.04. The highest BCUT2D eigenvalue weighted by Crippen LogP contribution is 2.65. The van der Waals surface area contributed by atoms with Crippen LogP contribution in [0, 0.1) is 49.8 Å². The van der Waals surface area contributed by atoms with E-state index in [9.17, 15) is 39.4 Å². The number of anilines is 2. The number of nitro benzene ring substituents is 2. The van der Waals surface area contributed by atoms with Crippen LogP contribution in [0.4, 0.5) is 22.7 Å². The Morgan fingerprint density at radius 1 is 0.628 bits per heavy atom. The molecule has 3 aliphatic carbocycles. The molecule has 0 radical (unpaired) electrons. The molecule has 4 amide bonds. The first-order valence-corrected chi connectivity index (χ1v) is 14.1. The van der Waals surface area contributed by atoms with Gasteiger partial charge in [-0.1, -0.05) is 40.2 Å². The number of benzene rings is 3. The van der Waals surface area contributed by atoms with Gasteiger partial charge in [-0.05, 0) is 42.0 Å². The van der Waals surface area contributed by atoms with Gasteiger partial charge in [0, 0.05) is 40.1 Å². The van der Waals surface area contributed by atoms with Crippen molar-refractivity contribution in [3.63, 3.8) is 0 Å². The van der Waals surface area contributed by atoms with E-state index in [4.69, 9.17) is 0 Å². The van der Waals surface area contributed by atoms with Crippen LogP contribution in [0.5, 0.6) is 0 Å². The lowest BCUT2D eigenvalue weighted by atomic mass is 9.45. The zero-order valence-corrected chi connectivity index (χ0v) is 23.5. The zero-order chi connectivity index (χ0) is 30.4. The lowest BCUT2D eigenvalue weighted by Gasteiger charge is -2.53. The number of carbonyl (C=O) groups excluding carboxylic acids is 4.